The Morgan fingerprint density at radius 1 is 1.39 bits per heavy atom. The third kappa shape index (κ3) is 3.27. The largest absolute Gasteiger partial charge is 0.355 e. The summed E-state index contributed by atoms with van der Waals surface area (Å²) < 4.78 is 2.26. The zero-order valence-corrected chi connectivity index (χ0v) is 12.3. The first-order valence-electron chi connectivity index (χ1n) is 7.26. The molecule has 1 aliphatic rings. The van der Waals surface area contributed by atoms with Crippen molar-refractivity contribution in [2.75, 3.05) is 11.9 Å². The molecule has 0 aliphatic heterocycles. The molecule has 1 aromatic heterocycles. The monoisotopic (exact) mass is 249 g/mol. The Kier molecular flexibility index (Phi) is 3.98. The van der Waals surface area contributed by atoms with Gasteiger partial charge in [-0.2, -0.15) is 0 Å². The van der Waals surface area contributed by atoms with Gasteiger partial charge in [-0.3, -0.25) is 0 Å². The fourth-order valence-electron chi connectivity index (χ4n) is 2.92. The third-order valence-electron chi connectivity index (χ3n) is 3.94. The number of nitrogens with one attached hydrogen (secondary N) is 1. The molecule has 0 atom stereocenters. The Bertz CT molecular complexity index is 386. The lowest BCUT2D eigenvalue weighted by molar-refractivity contribution is 0.360. The molecule has 0 bridgehead atoms. The van der Waals surface area contributed by atoms with Crippen LogP contribution in [0.2, 0.25) is 0 Å². The van der Waals surface area contributed by atoms with Crippen LogP contribution in [0.15, 0.2) is 6.20 Å². The smallest absolute Gasteiger partial charge is 0.203 e. The first-order chi connectivity index (χ1) is 8.48. The van der Waals surface area contributed by atoms with Crippen LogP contribution in [0.25, 0.3) is 0 Å². The van der Waals surface area contributed by atoms with Crippen molar-refractivity contribution in [1.29, 1.82) is 0 Å². The van der Waals surface area contributed by atoms with Crippen LogP contribution < -0.4 is 5.32 Å². The van der Waals surface area contributed by atoms with Crippen LogP contribution in [0.5, 0.6) is 0 Å². The maximum atomic E-state index is 4.61. The highest BCUT2D eigenvalue weighted by Crippen LogP contribution is 2.37. The van der Waals surface area contributed by atoms with Crippen molar-refractivity contribution >= 4 is 5.95 Å². The van der Waals surface area contributed by atoms with E-state index in [1.807, 2.05) is 0 Å². The van der Waals surface area contributed by atoms with Crippen LogP contribution in [0.4, 0.5) is 5.95 Å². The number of aromatic nitrogens is 2. The Balaban J connectivity index is 1.99. The number of nitrogens with zero attached hydrogens (tertiary/aromatic N) is 2. The van der Waals surface area contributed by atoms with E-state index >= 15 is 0 Å². The molecule has 102 valence electrons. The molecule has 0 spiro atoms. The van der Waals surface area contributed by atoms with Crippen LogP contribution in [0.1, 0.15) is 52.1 Å². The van der Waals surface area contributed by atoms with Crippen LogP contribution in [-0.2, 0) is 6.54 Å². The van der Waals surface area contributed by atoms with Gasteiger partial charge in [-0.15, -0.1) is 0 Å². The number of hydrogen-bond donors (Lipinski definition) is 1. The maximum Gasteiger partial charge on any atom is 0.203 e. The Morgan fingerprint density at radius 2 is 2.06 bits per heavy atom. The molecule has 1 aliphatic carbocycles. The first-order valence-corrected chi connectivity index (χ1v) is 7.26. The zero-order chi connectivity index (χ0) is 13.2. The van der Waals surface area contributed by atoms with Crippen molar-refractivity contribution < 1.29 is 0 Å². The summed E-state index contributed by atoms with van der Waals surface area (Å²) in [4.78, 5) is 4.61. The quantitative estimate of drug-likeness (QED) is 0.859. The predicted molar refractivity (Wildman–Crippen MR) is 76.9 cm³/mol. The number of hydrogen-bond acceptors (Lipinski definition) is 2. The molecule has 1 N–H and O–H groups in total. The van der Waals surface area contributed by atoms with Gasteiger partial charge >= 0.3 is 0 Å². The van der Waals surface area contributed by atoms with Crippen molar-refractivity contribution in [2.24, 2.45) is 11.3 Å². The van der Waals surface area contributed by atoms with Gasteiger partial charge in [0, 0.05) is 19.3 Å². The standard InChI is InChI=1S/C15H27N3/c1-12(2)9-18-10-13(3)17-14(18)16-11-15(4)7-5-6-8-15/h10,12H,5-9,11H2,1-4H3,(H,16,17). The SMILES string of the molecule is Cc1cn(CC(C)C)c(NCC2(C)CCCC2)n1. The van der Waals surface area contributed by atoms with Gasteiger partial charge in [0.25, 0.3) is 0 Å². The van der Waals surface area contributed by atoms with E-state index in [-0.39, 0.29) is 0 Å². The number of rotatable bonds is 5. The van der Waals surface area contributed by atoms with E-state index in [4.69, 9.17) is 0 Å². The van der Waals surface area contributed by atoms with Crippen LogP contribution in [-0.4, -0.2) is 16.1 Å². The average molecular weight is 249 g/mol. The minimum Gasteiger partial charge on any atom is -0.355 e. The van der Waals surface area contributed by atoms with Gasteiger partial charge in [0.2, 0.25) is 5.95 Å². The van der Waals surface area contributed by atoms with E-state index < -0.39 is 0 Å². The second kappa shape index (κ2) is 5.33. The summed E-state index contributed by atoms with van der Waals surface area (Å²) in [5.41, 5.74) is 1.58. The molecule has 1 aromatic rings. The lowest BCUT2D eigenvalue weighted by atomic mass is 9.89. The molecular weight excluding hydrogens is 222 g/mol. The molecule has 0 amide bonds. The van der Waals surface area contributed by atoms with Crippen LogP contribution >= 0.6 is 0 Å². The number of imidazole rings is 1. The highest BCUT2D eigenvalue weighted by atomic mass is 15.2. The summed E-state index contributed by atoms with van der Waals surface area (Å²) in [6.07, 6.45) is 7.63. The second-order valence-electron chi connectivity index (χ2n) is 6.62. The summed E-state index contributed by atoms with van der Waals surface area (Å²) in [5.74, 6) is 1.70. The molecule has 18 heavy (non-hydrogen) atoms. The fourth-order valence-corrected chi connectivity index (χ4v) is 2.92. The minimum atomic E-state index is 0.475. The van der Waals surface area contributed by atoms with E-state index in [2.05, 4.69) is 48.8 Å². The fraction of sp³-hybridized carbons (Fsp3) is 0.800. The summed E-state index contributed by atoms with van der Waals surface area (Å²) in [6, 6.07) is 0. The van der Waals surface area contributed by atoms with E-state index in [0.29, 0.717) is 11.3 Å². The second-order valence-corrected chi connectivity index (χ2v) is 6.62. The van der Waals surface area contributed by atoms with Crippen LogP contribution in [0.3, 0.4) is 0 Å². The first kappa shape index (κ1) is 13.4. The van der Waals surface area contributed by atoms with E-state index in [1.54, 1.807) is 0 Å². The van der Waals surface area contributed by atoms with Crippen molar-refractivity contribution in [3.05, 3.63) is 11.9 Å². The molecule has 3 heteroatoms. The van der Waals surface area contributed by atoms with Gasteiger partial charge in [0.1, 0.15) is 0 Å². The molecule has 1 heterocycles. The highest BCUT2D eigenvalue weighted by molar-refractivity contribution is 5.29. The zero-order valence-electron chi connectivity index (χ0n) is 12.3. The summed E-state index contributed by atoms with van der Waals surface area (Å²) >= 11 is 0. The number of aryl methyl sites for hydroxylation is 1. The van der Waals surface area contributed by atoms with Crippen molar-refractivity contribution in [2.45, 2.75) is 59.9 Å². The molecule has 0 unspecified atom stereocenters. The normalized spacial score (nSPS) is 18.5. The van der Waals surface area contributed by atoms with Gasteiger partial charge in [-0.25, -0.2) is 4.98 Å². The van der Waals surface area contributed by atoms with E-state index in [1.165, 1.54) is 25.7 Å². The predicted octanol–water partition coefficient (Wildman–Crippen LogP) is 3.84. The summed E-state index contributed by atoms with van der Waals surface area (Å²) in [5, 5.41) is 3.57. The van der Waals surface area contributed by atoms with Crippen molar-refractivity contribution in [3.63, 3.8) is 0 Å². The molecule has 2 rings (SSSR count). The molecule has 1 fully saturated rings. The molecule has 0 radical (unpaired) electrons. The molecular formula is C15H27N3. The molecule has 0 saturated heterocycles. The summed E-state index contributed by atoms with van der Waals surface area (Å²) in [6.45, 7) is 11.1. The van der Waals surface area contributed by atoms with E-state index in [0.717, 1.165) is 24.7 Å². The highest BCUT2D eigenvalue weighted by Gasteiger charge is 2.28. The summed E-state index contributed by atoms with van der Waals surface area (Å²) in [7, 11) is 0. The van der Waals surface area contributed by atoms with Gasteiger partial charge in [0.15, 0.2) is 0 Å². The van der Waals surface area contributed by atoms with Gasteiger partial charge in [-0.05, 0) is 31.1 Å². The van der Waals surface area contributed by atoms with Gasteiger partial charge < -0.3 is 9.88 Å². The lowest BCUT2D eigenvalue weighted by Crippen LogP contribution is -2.24. The molecule has 0 aromatic carbocycles. The van der Waals surface area contributed by atoms with Crippen molar-refractivity contribution in [3.8, 4) is 0 Å². The molecule has 1 saturated carbocycles. The minimum absolute atomic E-state index is 0.475. The Morgan fingerprint density at radius 3 is 2.67 bits per heavy atom. The maximum absolute atomic E-state index is 4.61. The lowest BCUT2D eigenvalue weighted by Gasteiger charge is -2.24. The third-order valence-corrected chi connectivity index (χ3v) is 3.94. The molecule has 3 nitrogen and oxygen atoms in total. The topological polar surface area (TPSA) is 29.9 Å². The Labute approximate surface area is 111 Å². The average Bonchev–Trinajstić information content (AvgIpc) is 2.83. The number of anilines is 1. The van der Waals surface area contributed by atoms with Gasteiger partial charge in [-0.1, -0.05) is 33.6 Å². The van der Waals surface area contributed by atoms with Crippen LogP contribution in [0, 0.1) is 18.3 Å². The van der Waals surface area contributed by atoms with E-state index in [9.17, 15) is 0 Å². The van der Waals surface area contributed by atoms with Gasteiger partial charge in [0.05, 0.1) is 5.69 Å². The van der Waals surface area contributed by atoms with Crippen molar-refractivity contribution in [1.82, 2.24) is 9.55 Å². The Hall–Kier alpha value is -0.990.